The maximum atomic E-state index is 14.1. The van der Waals surface area contributed by atoms with Crippen molar-refractivity contribution < 1.29 is 9.50 Å². The molecule has 1 aliphatic heterocycles. The van der Waals surface area contributed by atoms with Crippen LogP contribution in [0.3, 0.4) is 0 Å². The van der Waals surface area contributed by atoms with Gasteiger partial charge >= 0.3 is 0 Å². The summed E-state index contributed by atoms with van der Waals surface area (Å²) in [4.78, 5) is 4.77. The zero-order valence-electron chi connectivity index (χ0n) is 16.4. The Morgan fingerprint density at radius 3 is 2.61 bits per heavy atom. The Labute approximate surface area is 165 Å². The Morgan fingerprint density at radius 2 is 1.79 bits per heavy atom. The van der Waals surface area contributed by atoms with Gasteiger partial charge in [0.25, 0.3) is 0 Å². The van der Waals surface area contributed by atoms with E-state index in [9.17, 15) is 9.50 Å². The van der Waals surface area contributed by atoms with Crippen molar-refractivity contribution in [1.82, 2.24) is 14.4 Å². The van der Waals surface area contributed by atoms with Crippen LogP contribution in [-0.4, -0.2) is 51.8 Å². The van der Waals surface area contributed by atoms with Gasteiger partial charge in [0.2, 0.25) is 0 Å². The minimum absolute atomic E-state index is 0.150. The first kappa shape index (κ1) is 19.1. The molecule has 2 heterocycles. The third-order valence-electron chi connectivity index (χ3n) is 5.86. The van der Waals surface area contributed by atoms with E-state index in [1.807, 2.05) is 12.1 Å². The zero-order valence-corrected chi connectivity index (χ0v) is 16.4. The molecule has 1 aliphatic rings. The molecule has 0 spiro atoms. The predicted octanol–water partition coefficient (Wildman–Crippen LogP) is 3.39. The summed E-state index contributed by atoms with van der Waals surface area (Å²) in [5.41, 5.74) is 3.32. The molecular weight excluding hydrogens is 353 g/mol. The van der Waals surface area contributed by atoms with E-state index >= 15 is 0 Å². The fourth-order valence-electron chi connectivity index (χ4n) is 4.37. The second kappa shape index (κ2) is 8.43. The molecule has 0 bridgehead atoms. The van der Waals surface area contributed by atoms with Crippen molar-refractivity contribution in [2.75, 3.05) is 26.2 Å². The number of hydrogen-bond donors (Lipinski definition) is 1. The van der Waals surface area contributed by atoms with Gasteiger partial charge < -0.3 is 9.67 Å². The molecule has 1 aromatic heterocycles. The average molecular weight is 381 g/mol. The largest absolute Gasteiger partial charge is 0.396 e. The lowest BCUT2D eigenvalue weighted by atomic mass is 10.1. The molecule has 4 rings (SSSR count). The minimum atomic E-state index is -0.150. The maximum absolute atomic E-state index is 14.1. The molecule has 1 N–H and O–H groups in total. The molecule has 1 atom stereocenters. The first-order valence-electron chi connectivity index (χ1n) is 9.99. The fraction of sp³-hybridized carbons (Fsp3) is 0.391. The molecule has 0 amide bonds. The number of rotatable bonds is 6. The number of para-hydroxylation sites is 1. The highest BCUT2D eigenvalue weighted by Crippen LogP contribution is 2.24. The number of hydrogen-bond acceptors (Lipinski definition) is 3. The van der Waals surface area contributed by atoms with Gasteiger partial charge in [0.1, 0.15) is 5.82 Å². The van der Waals surface area contributed by atoms with Crippen LogP contribution in [0.2, 0.25) is 0 Å². The lowest BCUT2D eigenvalue weighted by molar-refractivity contribution is 0.0495. The Bertz CT molecular complexity index is 938. The molecule has 1 unspecified atom stereocenters. The summed E-state index contributed by atoms with van der Waals surface area (Å²) >= 11 is 0. The molecule has 148 valence electrons. The van der Waals surface area contributed by atoms with Gasteiger partial charge in [-0.3, -0.25) is 9.80 Å². The number of halogens is 1. The lowest BCUT2D eigenvalue weighted by Gasteiger charge is -2.41. The monoisotopic (exact) mass is 381 g/mol. The standard InChI is InChI=1S/C23H28FN3O/c1-25-14-19(21-7-3-5-9-23(21)25)15-26-11-12-27(20(17-26)10-13-28)16-18-6-2-4-8-22(18)24/h2-9,14,20,28H,10-13,15-17H2,1H3. The van der Waals surface area contributed by atoms with E-state index in [0.29, 0.717) is 13.0 Å². The molecule has 4 nitrogen and oxygen atoms in total. The highest BCUT2D eigenvalue weighted by molar-refractivity contribution is 5.83. The van der Waals surface area contributed by atoms with Gasteiger partial charge in [-0.1, -0.05) is 36.4 Å². The van der Waals surface area contributed by atoms with Crippen molar-refractivity contribution in [3.63, 3.8) is 0 Å². The number of aliphatic hydroxyl groups excluding tert-OH is 1. The van der Waals surface area contributed by atoms with Crippen molar-refractivity contribution in [1.29, 1.82) is 0 Å². The first-order chi connectivity index (χ1) is 13.7. The minimum Gasteiger partial charge on any atom is -0.396 e. The van der Waals surface area contributed by atoms with E-state index in [4.69, 9.17) is 0 Å². The molecule has 0 aliphatic carbocycles. The van der Waals surface area contributed by atoms with Gasteiger partial charge in [0.15, 0.2) is 0 Å². The normalized spacial score (nSPS) is 18.8. The molecule has 3 aromatic rings. The summed E-state index contributed by atoms with van der Waals surface area (Å²) in [6, 6.07) is 15.7. The summed E-state index contributed by atoms with van der Waals surface area (Å²) in [6.07, 6.45) is 2.93. The molecule has 1 saturated heterocycles. The summed E-state index contributed by atoms with van der Waals surface area (Å²) in [5, 5.41) is 10.9. The highest BCUT2D eigenvalue weighted by Gasteiger charge is 2.27. The van der Waals surface area contributed by atoms with Gasteiger partial charge in [-0.05, 0) is 24.1 Å². The molecule has 0 saturated carbocycles. The van der Waals surface area contributed by atoms with Crippen LogP contribution in [-0.2, 0) is 20.1 Å². The Morgan fingerprint density at radius 1 is 1.00 bits per heavy atom. The first-order valence-corrected chi connectivity index (χ1v) is 9.99. The smallest absolute Gasteiger partial charge is 0.127 e. The van der Waals surface area contributed by atoms with E-state index in [1.165, 1.54) is 22.5 Å². The van der Waals surface area contributed by atoms with Crippen LogP contribution < -0.4 is 0 Å². The quantitative estimate of drug-likeness (QED) is 0.710. The van der Waals surface area contributed by atoms with E-state index in [1.54, 1.807) is 6.07 Å². The van der Waals surface area contributed by atoms with Gasteiger partial charge in [-0.15, -0.1) is 0 Å². The van der Waals surface area contributed by atoms with Crippen LogP contribution in [0, 0.1) is 5.82 Å². The van der Waals surface area contributed by atoms with Crippen molar-refractivity contribution in [2.24, 2.45) is 7.05 Å². The highest BCUT2D eigenvalue weighted by atomic mass is 19.1. The molecule has 1 fully saturated rings. The Hall–Kier alpha value is -2.21. The lowest BCUT2D eigenvalue weighted by Crippen LogP contribution is -2.52. The second-order valence-electron chi connectivity index (χ2n) is 7.75. The number of nitrogens with zero attached hydrogens (tertiary/aromatic N) is 3. The summed E-state index contributed by atoms with van der Waals surface area (Å²) in [6.45, 7) is 4.36. The van der Waals surface area contributed by atoms with Crippen molar-refractivity contribution in [3.8, 4) is 0 Å². The topological polar surface area (TPSA) is 31.6 Å². The third kappa shape index (κ3) is 3.97. The molecule has 2 aromatic carbocycles. The number of aryl methyl sites for hydroxylation is 1. The fourth-order valence-corrected chi connectivity index (χ4v) is 4.37. The predicted molar refractivity (Wildman–Crippen MR) is 110 cm³/mol. The molecule has 5 heteroatoms. The Kier molecular flexibility index (Phi) is 5.76. The van der Waals surface area contributed by atoms with Gasteiger partial charge in [-0.25, -0.2) is 4.39 Å². The molecular formula is C23H28FN3O. The van der Waals surface area contributed by atoms with Gasteiger partial charge in [0.05, 0.1) is 0 Å². The Balaban J connectivity index is 1.47. The van der Waals surface area contributed by atoms with E-state index in [0.717, 1.165) is 31.7 Å². The average Bonchev–Trinajstić information content (AvgIpc) is 3.02. The third-order valence-corrected chi connectivity index (χ3v) is 5.86. The molecule has 0 radical (unpaired) electrons. The van der Waals surface area contributed by atoms with E-state index < -0.39 is 0 Å². The number of aliphatic hydroxyl groups is 1. The van der Waals surface area contributed by atoms with Crippen LogP contribution in [0.1, 0.15) is 17.5 Å². The van der Waals surface area contributed by atoms with Crippen molar-refractivity contribution >= 4 is 10.9 Å². The number of aromatic nitrogens is 1. The number of benzene rings is 2. The summed E-state index contributed by atoms with van der Waals surface area (Å²) < 4.78 is 16.3. The summed E-state index contributed by atoms with van der Waals surface area (Å²) in [7, 11) is 2.09. The number of piperazine rings is 1. The van der Waals surface area contributed by atoms with Crippen LogP contribution in [0.5, 0.6) is 0 Å². The van der Waals surface area contributed by atoms with Crippen LogP contribution in [0.25, 0.3) is 10.9 Å². The van der Waals surface area contributed by atoms with Crippen LogP contribution in [0.15, 0.2) is 54.7 Å². The van der Waals surface area contributed by atoms with Crippen molar-refractivity contribution in [2.45, 2.75) is 25.6 Å². The van der Waals surface area contributed by atoms with Crippen LogP contribution in [0.4, 0.5) is 4.39 Å². The second-order valence-corrected chi connectivity index (χ2v) is 7.75. The van der Waals surface area contributed by atoms with Gasteiger partial charge in [0, 0.05) is 75.1 Å². The maximum Gasteiger partial charge on any atom is 0.127 e. The van der Waals surface area contributed by atoms with E-state index in [-0.39, 0.29) is 18.5 Å². The number of fused-ring (bicyclic) bond motifs is 1. The molecule has 28 heavy (non-hydrogen) atoms. The zero-order chi connectivity index (χ0) is 19.5. The van der Waals surface area contributed by atoms with Crippen LogP contribution >= 0.6 is 0 Å². The van der Waals surface area contributed by atoms with E-state index in [2.05, 4.69) is 51.9 Å². The van der Waals surface area contributed by atoms with Gasteiger partial charge in [-0.2, -0.15) is 0 Å². The SMILES string of the molecule is Cn1cc(CN2CCN(Cc3ccccc3F)C(CCO)C2)c2ccccc21. The van der Waals surface area contributed by atoms with Crippen molar-refractivity contribution in [3.05, 3.63) is 71.7 Å². The summed E-state index contributed by atoms with van der Waals surface area (Å²) in [5.74, 6) is -0.150.